The van der Waals surface area contributed by atoms with Gasteiger partial charge in [-0.15, -0.1) is 9.78 Å². The van der Waals surface area contributed by atoms with Crippen LogP contribution in [0.3, 0.4) is 0 Å². The standard InChI is InChI=1S/C23H24N8O3/c1-3-34-17-10-7-15(13-18(17)33-2)19(28-16-8-5-14(6-9-16)20(24)25)21-29-23(32)31(30-21)22-26-11-4-12-27-22/h4-13,19,28H,3H2,1-2H3,(H3,24,25)(H,29,30,32)/t19-/m0/s1. The molecule has 1 atom stereocenters. The van der Waals surface area contributed by atoms with Crippen LogP contribution in [0.5, 0.6) is 11.5 Å². The highest BCUT2D eigenvalue weighted by atomic mass is 16.5. The number of nitrogens with two attached hydrogens (primary N) is 1. The summed E-state index contributed by atoms with van der Waals surface area (Å²) in [5.74, 6) is 1.63. The molecule has 2 aromatic heterocycles. The Kier molecular flexibility index (Phi) is 6.53. The molecule has 0 bridgehead atoms. The maximum atomic E-state index is 12.7. The lowest BCUT2D eigenvalue weighted by Gasteiger charge is -2.20. The van der Waals surface area contributed by atoms with Gasteiger partial charge in [-0.25, -0.2) is 14.8 Å². The molecule has 5 N–H and O–H groups in total. The number of H-pyrrole nitrogens is 1. The number of rotatable bonds is 9. The van der Waals surface area contributed by atoms with Crippen LogP contribution in [-0.2, 0) is 0 Å². The second-order valence-electron chi connectivity index (χ2n) is 7.19. The smallest absolute Gasteiger partial charge is 0.350 e. The van der Waals surface area contributed by atoms with E-state index in [9.17, 15) is 4.79 Å². The van der Waals surface area contributed by atoms with Gasteiger partial charge < -0.3 is 20.5 Å². The number of benzene rings is 2. The van der Waals surface area contributed by atoms with Gasteiger partial charge in [0.1, 0.15) is 11.9 Å². The molecule has 2 aromatic carbocycles. The SMILES string of the molecule is CCOc1ccc([C@H](Nc2ccc(C(=N)N)cc2)c2nn(-c3ncccn3)c(=O)[nH]2)cc1OC. The first-order valence-electron chi connectivity index (χ1n) is 10.5. The van der Waals surface area contributed by atoms with E-state index in [2.05, 4.69) is 25.4 Å². The van der Waals surface area contributed by atoms with Crippen molar-refractivity contribution in [2.75, 3.05) is 19.0 Å². The molecule has 0 spiro atoms. The van der Waals surface area contributed by atoms with E-state index in [4.69, 9.17) is 20.6 Å². The van der Waals surface area contributed by atoms with Gasteiger partial charge in [-0.05, 0) is 55.0 Å². The zero-order valence-electron chi connectivity index (χ0n) is 18.6. The maximum Gasteiger partial charge on any atom is 0.350 e. The molecule has 4 aromatic rings. The van der Waals surface area contributed by atoms with E-state index in [1.165, 1.54) is 12.4 Å². The normalized spacial score (nSPS) is 11.6. The Balaban J connectivity index is 1.77. The summed E-state index contributed by atoms with van der Waals surface area (Å²) >= 11 is 0. The average molecular weight is 460 g/mol. The van der Waals surface area contributed by atoms with E-state index in [1.807, 2.05) is 19.1 Å². The number of hydrogen-bond donors (Lipinski definition) is 4. The number of methoxy groups -OCH3 is 1. The molecular formula is C23H24N8O3. The second-order valence-corrected chi connectivity index (χ2v) is 7.19. The number of hydrogen-bond acceptors (Lipinski definition) is 8. The third-order valence-electron chi connectivity index (χ3n) is 4.98. The predicted octanol–water partition coefficient (Wildman–Crippen LogP) is 2.24. The Morgan fingerprint density at radius 1 is 1.18 bits per heavy atom. The number of anilines is 1. The van der Waals surface area contributed by atoms with Gasteiger partial charge in [-0.2, -0.15) is 0 Å². The van der Waals surface area contributed by atoms with Gasteiger partial charge in [0.05, 0.1) is 13.7 Å². The first kappa shape index (κ1) is 22.5. The van der Waals surface area contributed by atoms with Crippen LogP contribution in [0, 0.1) is 5.41 Å². The number of nitrogens with one attached hydrogen (secondary N) is 3. The molecular weight excluding hydrogens is 436 g/mol. The van der Waals surface area contributed by atoms with Crippen LogP contribution in [0.15, 0.2) is 65.7 Å². The molecule has 4 rings (SSSR count). The number of ether oxygens (including phenoxy) is 2. The molecule has 0 aliphatic heterocycles. The first-order chi connectivity index (χ1) is 16.5. The number of nitrogens with zero attached hydrogens (tertiary/aromatic N) is 4. The fourth-order valence-corrected chi connectivity index (χ4v) is 3.37. The lowest BCUT2D eigenvalue weighted by atomic mass is 10.0. The van der Waals surface area contributed by atoms with Crippen LogP contribution in [0.1, 0.15) is 29.9 Å². The van der Waals surface area contributed by atoms with E-state index in [1.54, 1.807) is 43.5 Å². The molecule has 0 saturated carbocycles. The van der Waals surface area contributed by atoms with E-state index < -0.39 is 11.7 Å². The number of amidine groups is 1. The van der Waals surface area contributed by atoms with Crippen molar-refractivity contribution < 1.29 is 9.47 Å². The van der Waals surface area contributed by atoms with Crippen molar-refractivity contribution >= 4 is 11.5 Å². The molecule has 0 fully saturated rings. The summed E-state index contributed by atoms with van der Waals surface area (Å²) in [5, 5.41) is 15.4. The van der Waals surface area contributed by atoms with E-state index in [-0.39, 0.29) is 11.8 Å². The molecule has 0 amide bonds. The fourth-order valence-electron chi connectivity index (χ4n) is 3.37. The monoisotopic (exact) mass is 460 g/mol. The van der Waals surface area contributed by atoms with Crippen molar-refractivity contribution in [1.29, 1.82) is 5.41 Å². The summed E-state index contributed by atoms with van der Waals surface area (Å²) in [4.78, 5) is 23.7. The Hall–Kier alpha value is -4.67. The lowest BCUT2D eigenvalue weighted by molar-refractivity contribution is 0.310. The predicted molar refractivity (Wildman–Crippen MR) is 127 cm³/mol. The van der Waals surface area contributed by atoms with Crippen LogP contribution in [0.25, 0.3) is 5.95 Å². The quantitative estimate of drug-likeness (QED) is 0.219. The summed E-state index contributed by atoms with van der Waals surface area (Å²) in [6.07, 6.45) is 3.07. The van der Waals surface area contributed by atoms with Crippen LogP contribution in [-0.4, -0.2) is 44.3 Å². The molecule has 11 nitrogen and oxygen atoms in total. The maximum absolute atomic E-state index is 12.7. The average Bonchev–Trinajstić information content (AvgIpc) is 3.25. The van der Waals surface area contributed by atoms with E-state index in [0.717, 1.165) is 15.9 Å². The highest BCUT2D eigenvalue weighted by Crippen LogP contribution is 2.33. The first-order valence-corrected chi connectivity index (χ1v) is 10.5. The molecule has 34 heavy (non-hydrogen) atoms. The third-order valence-corrected chi connectivity index (χ3v) is 4.98. The largest absolute Gasteiger partial charge is 0.493 e. The summed E-state index contributed by atoms with van der Waals surface area (Å²) in [6.45, 7) is 2.39. The molecule has 174 valence electrons. The lowest BCUT2D eigenvalue weighted by Crippen LogP contribution is -2.18. The van der Waals surface area contributed by atoms with Crippen molar-refractivity contribution in [3.05, 3.63) is 88.4 Å². The molecule has 0 radical (unpaired) electrons. The van der Waals surface area contributed by atoms with E-state index >= 15 is 0 Å². The van der Waals surface area contributed by atoms with Gasteiger partial charge in [-0.1, -0.05) is 6.07 Å². The minimum Gasteiger partial charge on any atom is -0.493 e. The van der Waals surface area contributed by atoms with Crippen molar-refractivity contribution in [3.8, 4) is 17.4 Å². The molecule has 0 aliphatic carbocycles. The van der Waals surface area contributed by atoms with Gasteiger partial charge >= 0.3 is 5.69 Å². The molecule has 0 saturated heterocycles. The zero-order valence-corrected chi connectivity index (χ0v) is 18.6. The van der Waals surface area contributed by atoms with Crippen molar-refractivity contribution in [1.82, 2.24) is 24.7 Å². The summed E-state index contributed by atoms with van der Waals surface area (Å²) in [7, 11) is 1.56. The topological polar surface area (TPSA) is 157 Å². The minimum absolute atomic E-state index is 0.0229. The molecule has 0 aliphatic rings. The third kappa shape index (κ3) is 4.72. The highest BCUT2D eigenvalue weighted by Gasteiger charge is 2.22. The zero-order chi connectivity index (χ0) is 24.1. The number of aromatic amines is 1. The number of aromatic nitrogens is 5. The van der Waals surface area contributed by atoms with Gasteiger partial charge in [0.2, 0.25) is 0 Å². The Bertz CT molecular complexity index is 1330. The molecule has 11 heteroatoms. The Morgan fingerprint density at radius 2 is 1.91 bits per heavy atom. The van der Waals surface area contributed by atoms with Gasteiger partial charge in [0, 0.05) is 23.6 Å². The van der Waals surface area contributed by atoms with Crippen LogP contribution < -0.4 is 26.2 Å². The molecule has 2 heterocycles. The Morgan fingerprint density at radius 3 is 2.56 bits per heavy atom. The van der Waals surface area contributed by atoms with Crippen molar-refractivity contribution in [2.24, 2.45) is 5.73 Å². The summed E-state index contributed by atoms with van der Waals surface area (Å²) in [6, 6.07) is 13.7. The Labute approximate surface area is 195 Å². The minimum atomic E-state index is -0.564. The van der Waals surface area contributed by atoms with Crippen LogP contribution in [0.4, 0.5) is 5.69 Å². The van der Waals surface area contributed by atoms with E-state index in [0.29, 0.717) is 29.5 Å². The fraction of sp³-hybridized carbons (Fsp3) is 0.174. The van der Waals surface area contributed by atoms with Gasteiger partial charge in [-0.3, -0.25) is 10.4 Å². The highest BCUT2D eigenvalue weighted by molar-refractivity contribution is 5.95. The molecule has 0 unspecified atom stereocenters. The number of nitrogen functional groups attached to an aromatic ring is 1. The van der Waals surface area contributed by atoms with Crippen LogP contribution in [0.2, 0.25) is 0 Å². The van der Waals surface area contributed by atoms with Gasteiger partial charge in [0.25, 0.3) is 5.95 Å². The summed E-state index contributed by atoms with van der Waals surface area (Å²) < 4.78 is 12.2. The summed E-state index contributed by atoms with van der Waals surface area (Å²) in [5.41, 5.74) is 7.19. The van der Waals surface area contributed by atoms with Gasteiger partial charge in [0.15, 0.2) is 17.3 Å². The van der Waals surface area contributed by atoms with Crippen molar-refractivity contribution in [2.45, 2.75) is 13.0 Å². The second kappa shape index (κ2) is 9.86. The van der Waals surface area contributed by atoms with Crippen LogP contribution >= 0.6 is 0 Å². The van der Waals surface area contributed by atoms with Crippen molar-refractivity contribution in [3.63, 3.8) is 0 Å².